The van der Waals surface area contributed by atoms with Gasteiger partial charge in [-0.25, -0.2) is 0 Å². The summed E-state index contributed by atoms with van der Waals surface area (Å²) >= 11 is 6.51. The summed E-state index contributed by atoms with van der Waals surface area (Å²) in [7, 11) is 0.583. The van der Waals surface area contributed by atoms with Gasteiger partial charge in [-0.05, 0) is 49.6 Å². The molecule has 7 nitrogen and oxygen atoms in total. The second-order valence-corrected chi connectivity index (χ2v) is 7.60. The molecule has 0 aliphatic heterocycles. The van der Waals surface area contributed by atoms with E-state index in [9.17, 15) is 23.1 Å². The van der Waals surface area contributed by atoms with Gasteiger partial charge < -0.3 is 14.9 Å². The Morgan fingerprint density at radius 1 is 1.15 bits per heavy atom. The van der Waals surface area contributed by atoms with E-state index in [1.807, 2.05) is 44.2 Å². The Bertz CT molecular complexity index is 992. The van der Waals surface area contributed by atoms with Crippen LogP contribution in [-0.2, 0) is 22.5 Å². The number of carbonyl (C=O) groups is 1. The topological polar surface area (TPSA) is 97.5 Å². The van der Waals surface area contributed by atoms with Crippen LogP contribution in [0.3, 0.4) is 0 Å². The lowest BCUT2D eigenvalue weighted by molar-refractivity contribution is -0.311. The number of halogens is 5. The van der Waals surface area contributed by atoms with Crippen LogP contribution >= 0.6 is 31.9 Å². The largest absolute Gasteiger partial charge is 0.522 e. The molecule has 0 fully saturated rings. The standard InChI is InChI=1S/C17H13Br2N3O3.C2H3F3O.C2H6/c18-12-6-11(7-13(19)16(12)24)17-21-15(25-22-17)8-14(23)20-9-10-4-2-1-3-5-10;1-6-2(3,4)5;1-2/h1-7,24H,8-9H2,(H,20,23);1H3;1-2H3. The molecule has 1 heterocycles. The van der Waals surface area contributed by atoms with Crippen molar-refractivity contribution in [1.82, 2.24) is 15.5 Å². The first-order chi connectivity index (χ1) is 15.6. The van der Waals surface area contributed by atoms with Gasteiger partial charge in [0.25, 0.3) is 0 Å². The predicted molar refractivity (Wildman–Crippen MR) is 123 cm³/mol. The first-order valence-electron chi connectivity index (χ1n) is 9.52. The van der Waals surface area contributed by atoms with Crippen molar-refractivity contribution in [2.75, 3.05) is 7.11 Å². The van der Waals surface area contributed by atoms with E-state index in [2.05, 4.69) is 52.1 Å². The molecule has 0 saturated heterocycles. The van der Waals surface area contributed by atoms with Crippen molar-refractivity contribution in [3.63, 3.8) is 0 Å². The SMILES string of the molecule is CC.COC(F)(F)F.O=C(Cc1nc(-c2cc(Br)c(O)c(Br)c2)no1)NCc1ccccc1. The van der Waals surface area contributed by atoms with E-state index in [0.29, 0.717) is 34.0 Å². The monoisotopic (exact) mass is 595 g/mol. The quantitative estimate of drug-likeness (QED) is 0.375. The van der Waals surface area contributed by atoms with Crippen molar-refractivity contribution in [3.05, 3.63) is 62.9 Å². The summed E-state index contributed by atoms with van der Waals surface area (Å²) in [5.74, 6) is 0.452. The zero-order valence-electron chi connectivity index (χ0n) is 17.9. The molecule has 0 saturated carbocycles. The van der Waals surface area contributed by atoms with Crippen LogP contribution in [0.1, 0.15) is 25.3 Å². The molecule has 0 aliphatic rings. The maximum absolute atomic E-state index is 12.0. The highest BCUT2D eigenvalue weighted by molar-refractivity contribution is 9.11. The third-order valence-electron chi connectivity index (χ3n) is 3.62. The van der Waals surface area contributed by atoms with Crippen LogP contribution in [0.4, 0.5) is 13.2 Å². The summed E-state index contributed by atoms with van der Waals surface area (Å²) in [5, 5.41) is 16.4. The number of alkyl halides is 3. The van der Waals surface area contributed by atoms with Crippen molar-refractivity contribution in [2.24, 2.45) is 0 Å². The van der Waals surface area contributed by atoms with Crippen molar-refractivity contribution >= 4 is 37.8 Å². The molecule has 0 bridgehead atoms. The number of methoxy groups -OCH3 is 1. The molecule has 2 N–H and O–H groups in total. The number of hydrogen-bond donors (Lipinski definition) is 2. The molecule has 3 rings (SSSR count). The molecule has 12 heteroatoms. The normalized spacial score (nSPS) is 10.4. The Balaban J connectivity index is 0.000000593. The number of ether oxygens (including phenoxy) is 1. The summed E-state index contributed by atoms with van der Waals surface area (Å²) < 4.78 is 40.8. The van der Waals surface area contributed by atoms with Crippen LogP contribution in [0.5, 0.6) is 5.75 Å². The van der Waals surface area contributed by atoms with Crippen molar-refractivity contribution < 1.29 is 32.3 Å². The Hall–Kier alpha value is -2.44. The van der Waals surface area contributed by atoms with Gasteiger partial charge in [-0.2, -0.15) is 4.98 Å². The number of nitrogens with one attached hydrogen (secondary N) is 1. The minimum Gasteiger partial charge on any atom is -0.506 e. The number of amides is 1. The Morgan fingerprint density at radius 3 is 2.21 bits per heavy atom. The number of carbonyl (C=O) groups excluding carboxylic acids is 1. The second kappa shape index (κ2) is 14.0. The molecular weight excluding hydrogens is 575 g/mol. The molecule has 1 aromatic heterocycles. The van der Waals surface area contributed by atoms with Crippen LogP contribution < -0.4 is 5.32 Å². The molecule has 0 aliphatic carbocycles. The van der Waals surface area contributed by atoms with Crippen molar-refractivity contribution in [3.8, 4) is 17.1 Å². The summed E-state index contributed by atoms with van der Waals surface area (Å²) in [6, 6.07) is 13.0. The van der Waals surface area contributed by atoms with Crippen molar-refractivity contribution in [1.29, 1.82) is 0 Å². The van der Waals surface area contributed by atoms with Crippen LogP contribution in [0.2, 0.25) is 0 Å². The van der Waals surface area contributed by atoms with Crippen molar-refractivity contribution in [2.45, 2.75) is 33.2 Å². The fourth-order valence-electron chi connectivity index (χ4n) is 2.13. The predicted octanol–water partition coefficient (Wildman–Crippen LogP) is 6.00. The first kappa shape index (κ1) is 28.6. The van der Waals surface area contributed by atoms with Gasteiger partial charge >= 0.3 is 6.36 Å². The van der Waals surface area contributed by atoms with Gasteiger partial charge in [0.15, 0.2) is 0 Å². The van der Waals surface area contributed by atoms with E-state index in [-0.39, 0.29) is 24.0 Å². The lowest BCUT2D eigenvalue weighted by atomic mass is 10.2. The van der Waals surface area contributed by atoms with Gasteiger partial charge in [-0.1, -0.05) is 49.3 Å². The molecule has 0 spiro atoms. The van der Waals surface area contributed by atoms with E-state index in [1.165, 1.54) is 0 Å². The van der Waals surface area contributed by atoms with Gasteiger partial charge in [0.05, 0.1) is 8.95 Å². The number of phenolic OH excluding ortho intramolecular Hbond substituents is 1. The Labute approximate surface area is 205 Å². The van der Waals surface area contributed by atoms with Gasteiger partial charge in [0.1, 0.15) is 12.2 Å². The molecular formula is C21H22Br2F3N3O4. The van der Waals surface area contributed by atoms with Crippen LogP contribution in [0.25, 0.3) is 11.4 Å². The highest BCUT2D eigenvalue weighted by Gasteiger charge is 2.25. The average Bonchev–Trinajstić information content (AvgIpc) is 3.26. The third-order valence-corrected chi connectivity index (χ3v) is 4.83. The fourth-order valence-corrected chi connectivity index (χ4v) is 3.32. The van der Waals surface area contributed by atoms with Gasteiger partial charge in [-0.15, -0.1) is 13.2 Å². The second-order valence-electron chi connectivity index (χ2n) is 5.89. The maximum atomic E-state index is 12.0. The maximum Gasteiger partial charge on any atom is 0.522 e. The van der Waals surface area contributed by atoms with E-state index in [1.54, 1.807) is 12.1 Å². The van der Waals surface area contributed by atoms with Gasteiger partial charge in [-0.3, -0.25) is 9.53 Å². The lowest BCUT2D eigenvalue weighted by Crippen LogP contribution is -2.24. The molecule has 3 aromatic rings. The van der Waals surface area contributed by atoms with Crippen LogP contribution in [-0.4, -0.2) is 34.6 Å². The zero-order chi connectivity index (χ0) is 25.0. The zero-order valence-corrected chi connectivity index (χ0v) is 21.1. The summed E-state index contributed by atoms with van der Waals surface area (Å²) in [6.45, 7) is 4.44. The van der Waals surface area contributed by atoms with Crippen LogP contribution in [0.15, 0.2) is 55.9 Å². The van der Waals surface area contributed by atoms with E-state index < -0.39 is 6.36 Å². The number of phenols is 1. The smallest absolute Gasteiger partial charge is 0.506 e. The Kier molecular flexibility index (Phi) is 12.1. The summed E-state index contributed by atoms with van der Waals surface area (Å²) in [6.07, 6.45) is -4.46. The number of benzene rings is 2. The average molecular weight is 597 g/mol. The molecule has 0 unspecified atom stereocenters. The highest BCUT2D eigenvalue weighted by atomic mass is 79.9. The molecule has 0 atom stereocenters. The minimum atomic E-state index is -4.46. The summed E-state index contributed by atoms with van der Waals surface area (Å²) in [4.78, 5) is 16.2. The lowest BCUT2D eigenvalue weighted by Gasteiger charge is -2.03. The van der Waals surface area contributed by atoms with Crippen LogP contribution in [0, 0.1) is 0 Å². The fraction of sp³-hybridized carbons (Fsp3) is 0.286. The minimum absolute atomic E-state index is 0.000254. The number of nitrogens with zero attached hydrogens (tertiary/aromatic N) is 2. The van der Waals surface area contributed by atoms with E-state index >= 15 is 0 Å². The highest BCUT2D eigenvalue weighted by Crippen LogP contribution is 2.36. The number of aromatic nitrogens is 2. The molecule has 2 aromatic carbocycles. The van der Waals surface area contributed by atoms with Gasteiger partial charge in [0.2, 0.25) is 17.6 Å². The molecule has 180 valence electrons. The first-order valence-corrected chi connectivity index (χ1v) is 11.1. The number of hydrogen-bond acceptors (Lipinski definition) is 6. The third kappa shape index (κ3) is 10.4. The van der Waals surface area contributed by atoms with E-state index in [4.69, 9.17) is 4.52 Å². The number of rotatable bonds is 5. The number of aromatic hydroxyl groups is 1. The summed E-state index contributed by atoms with van der Waals surface area (Å²) in [5.41, 5.74) is 1.66. The van der Waals surface area contributed by atoms with E-state index in [0.717, 1.165) is 5.56 Å². The molecule has 0 radical (unpaired) electrons. The molecule has 33 heavy (non-hydrogen) atoms. The Morgan fingerprint density at radius 2 is 1.70 bits per heavy atom. The van der Waals surface area contributed by atoms with Gasteiger partial charge in [0, 0.05) is 19.2 Å². The molecule has 1 amide bonds.